The van der Waals surface area contributed by atoms with Crippen molar-refractivity contribution in [1.29, 1.82) is 0 Å². The molecule has 0 unspecified atom stereocenters. The molecule has 9 heteroatoms. The van der Waals surface area contributed by atoms with Crippen molar-refractivity contribution in [3.05, 3.63) is 34.9 Å². The van der Waals surface area contributed by atoms with E-state index in [0.717, 1.165) is 4.90 Å². The summed E-state index contributed by atoms with van der Waals surface area (Å²) in [5, 5.41) is 5.03. The van der Waals surface area contributed by atoms with Crippen molar-refractivity contribution in [2.75, 3.05) is 13.1 Å². The molecule has 0 spiro atoms. The maximum atomic E-state index is 12.3. The average Bonchev–Trinajstić information content (AvgIpc) is 2.81. The molecule has 1 heterocycles. The number of amides is 4. The van der Waals surface area contributed by atoms with Crippen LogP contribution in [0.3, 0.4) is 0 Å². The summed E-state index contributed by atoms with van der Waals surface area (Å²) < 4.78 is 0. The number of alkyl halides is 2. The van der Waals surface area contributed by atoms with Crippen LogP contribution >= 0.6 is 23.2 Å². The molecule has 0 radical (unpaired) electrons. The van der Waals surface area contributed by atoms with Crippen molar-refractivity contribution in [3.8, 4) is 0 Å². The number of rotatable bonds is 6. The van der Waals surface area contributed by atoms with E-state index in [1.54, 1.807) is 13.8 Å². The molecule has 1 aromatic carbocycles. The first kappa shape index (κ1) is 19.2. The van der Waals surface area contributed by atoms with Crippen LogP contribution in [0.1, 0.15) is 44.9 Å². The highest BCUT2D eigenvalue weighted by Crippen LogP contribution is 2.25. The van der Waals surface area contributed by atoms with E-state index < -0.39 is 22.6 Å². The highest BCUT2D eigenvalue weighted by Gasteiger charge is 2.37. The lowest BCUT2D eigenvalue weighted by Crippen LogP contribution is -2.36. The Morgan fingerprint density at radius 2 is 1.64 bits per heavy atom. The minimum absolute atomic E-state index is 0.157. The molecule has 2 rings (SSSR count). The van der Waals surface area contributed by atoms with Gasteiger partial charge in [0.15, 0.2) is 4.84 Å². The Balaban J connectivity index is 2.01. The van der Waals surface area contributed by atoms with Gasteiger partial charge in [-0.15, -0.1) is 0 Å². The van der Waals surface area contributed by atoms with Crippen LogP contribution in [0.4, 0.5) is 0 Å². The van der Waals surface area contributed by atoms with Gasteiger partial charge in [-0.3, -0.25) is 24.1 Å². The standard InChI is InChI=1S/C16H17Cl2N3O4/c1-8(2)21-15(24)10-4-3-9(7-11(10)16(21)25)13(22)19-5-6-20-14(23)12(17)18/h3-4,7-8,12H,5-6H2,1-2H3,(H,19,22)(H,20,23). The maximum absolute atomic E-state index is 12.3. The molecular formula is C16H17Cl2N3O4. The molecule has 1 aromatic rings. The molecule has 1 aliphatic rings. The SMILES string of the molecule is CC(C)N1C(=O)c2ccc(C(=O)NCCNC(=O)C(Cl)Cl)cc2C1=O. The Hall–Kier alpha value is -2.12. The van der Waals surface area contributed by atoms with E-state index in [4.69, 9.17) is 23.2 Å². The Morgan fingerprint density at radius 1 is 1.04 bits per heavy atom. The van der Waals surface area contributed by atoms with Gasteiger partial charge in [-0.25, -0.2) is 0 Å². The van der Waals surface area contributed by atoms with Crippen LogP contribution in [0.25, 0.3) is 0 Å². The molecule has 7 nitrogen and oxygen atoms in total. The highest BCUT2D eigenvalue weighted by atomic mass is 35.5. The number of nitrogens with zero attached hydrogens (tertiary/aromatic N) is 1. The summed E-state index contributed by atoms with van der Waals surface area (Å²) in [7, 11) is 0. The Morgan fingerprint density at radius 3 is 2.24 bits per heavy atom. The molecule has 4 amide bonds. The summed E-state index contributed by atoms with van der Waals surface area (Å²) in [6, 6.07) is 4.09. The molecule has 0 fully saturated rings. The van der Waals surface area contributed by atoms with Crippen LogP contribution < -0.4 is 10.6 Å². The zero-order valence-corrected chi connectivity index (χ0v) is 15.1. The van der Waals surface area contributed by atoms with E-state index in [2.05, 4.69) is 10.6 Å². The van der Waals surface area contributed by atoms with Gasteiger partial charge in [-0.2, -0.15) is 0 Å². The van der Waals surface area contributed by atoms with Crippen molar-refractivity contribution in [1.82, 2.24) is 15.5 Å². The topological polar surface area (TPSA) is 95.6 Å². The van der Waals surface area contributed by atoms with Crippen molar-refractivity contribution in [2.45, 2.75) is 24.7 Å². The minimum Gasteiger partial charge on any atom is -0.352 e. The fourth-order valence-electron chi connectivity index (χ4n) is 2.41. The summed E-state index contributed by atoms with van der Waals surface area (Å²) in [6.45, 7) is 3.81. The molecule has 0 atom stereocenters. The van der Waals surface area contributed by atoms with Crippen LogP contribution in [0.2, 0.25) is 0 Å². The van der Waals surface area contributed by atoms with Gasteiger partial charge in [-0.1, -0.05) is 23.2 Å². The maximum Gasteiger partial charge on any atom is 0.261 e. The van der Waals surface area contributed by atoms with Gasteiger partial charge in [0, 0.05) is 24.7 Å². The van der Waals surface area contributed by atoms with Gasteiger partial charge in [0.2, 0.25) is 0 Å². The number of imide groups is 1. The zero-order chi connectivity index (χ0) is 18.7. The third-order valence-electron chi connectivity index (χ3n) is 3.60. The fraction of sp³-hybridized carbons (Fsp3) is 0.375. The van der Waals surface area contributed by atoms with E-state index in [-0.39, 0.29) is 41.7 Å². The van der Waals surface area contributed by atoms with E-state index in [1.807, 2.05) is 0 Å². The zero-order valence-electron chi connectivity index (χ0n) is 13.6. The van der Waals surface area contributed by atoms with E-state index in [1.165, 1.54) is 18.2 Å². The molecule has 0 saturated heterocycles. The van der Waals surface area contributed by atoms with Gasteiger partial charge in [0.25, 0.3) is 23.6 Å². The second kappa shape index (κ2) is 7.84. The number of carbonyl (C=O) groups excluding carboxylic acids is 4. The van der Waals surface area contributed by atoms with E-state index in [9.17, 15) is 19.2 Å². The predicted octanol–water partition coefficient (Wildman–Crippen LogP) is 1.34. The van der Waals surface area contributed by atoms with Gasteiger partial charge >= 0.3 is 0 Å². The molecule has 134 valence electrons. The number of benzene rings is 1. The molecule has 25 heavy (non-hydrogen) atoms. The van der Waals surface area contributed by atoms with Crippen LogP contribution in [-0.2, 0) is 4.79 Å². The number of nitrogens with one attached hydrogen (secondary N) is 2. The average molecular weight is 386 g/mol. The fourth-order valence-corrected chi connectivity index (χ4v) is 2.56. The van der Waals surface area contributed by atoms with Crippen LogP contribution in [0.5, 0.6) is 0 Å². The first-order valence-corrected chi connectivity index (χ1v) is 8.47. The lowest BCUT2D eigenvalue weighted by Gasteiger charge is -2.17. The second-order valence-corrected chi connectivity index (χ2v) is 6.78. The van der Waals surface area contributed by atoms with Crippen molar-refractivity contribution in [3.63, 3.8) is 0 Å². The quantitative estimate of drug-likeness (QED) is 0.438. The monoisotopic (exact) mass is 385 g/mol. The predicted molar refractivity (Wildman–Crippen MR) is 92.9 cm³/mol. The molecule has 0 saturated carbocycles. The Bertz CT molecular complexity index is 734. The number of halogens is 2. The molecule has 1 aliphatic heterocycles. The van der Waals surface area contributed by atoms with E-state index >= 15 is 0 Å². The van der Waals surface area contributed by atoms with Crippen molar-refractivity contribution >= 4 is 46.8 Å². The van der Waals surface area contributed by atoms with Gasteiger partial charge in [0.1, 0.15) is 0 Å². The molecule has 0 aromatic heterocycles. The number of carbonyl (C=O) groups is 4. The third kappa shape index (κ3) is 4.11. The third-order valence-corrected chi connectivity index (χ3v) is 4.00. The summed E-state index contributed by atoms with van der Waals surface area (Å²) in [5.41, 5.74) is 0.758. The minimum atomic E-state index is -1.17. The molecular weight excluding hydrogens is 369 g/mol. The first-order chi connectivity index (χ1) is 11.7. The Labute approximate surface area is 154 Å². The number of fused-ring (bicyclic) bond motifs is 1. The van der Waals surface area contributed by atoms with Gasteiger partial charge in [-0.05, 0) is 32.0 Å². The summed E-state index contributed by atoms with van der Waals surface area (Å²) in [6.07, 6.45) is 0. The van der Waals surface area contributed by atoms with Crippen LogP contribution in [-0.4, -0.2) is 52.5 Å². The number of hydrogen-bond acceptors (Lipinski definition) is 4. The second-order valence-electron chi connectivity index (χ2n) is 5.68. The van der Waals surface area contributed by atoms with Gasteiger partial charge < -0.3 is 10.6 Å². The van der Waals surface area contributed by atoms with Crippen LogP contribution in [0.15, 0.2) is 18.2 Å². The smallest absolute Gasteiger partial charge is 0.261 e. The van der Waals surface area contributed by atoms with Crippen molar-refractivity contribution in [2.24, 2.45) is 0 Å². The van der Waals surface area contributed by atoms with E-state index in [0.29, 0.717) is 0 Å². The largest absolute Gasteiger partial charge is 0.352 e. The first-order valence-electron chi connectivity index (χ1n) is 7.60. The van der Waals surface area contributed by atoms with Crippen molar-refractivity contribution < 1.29 is 19.2 Å². The summed E-state index contributed by atoms with van der Waals surface area (Å²) >= 11 is 10.8. The Kier molecular flexibility index (Phi) is 6.02. The normalized spacial score (nSPS) is 13.4. The highest BCUT2D eigenvalue weighted by molar-refractivity contribution is 6.53. The molecule has 0 bridgehead atoms. The molecule has 0 aliphatic carbocycles. The lowest BCUT2D eigenvalue weighted by atomic mass is 10.1. The summed E-state index contributed by atoms with van der Waals surface area (Å²) in [4.78, 5) is 47.8. The molecule has 2 N–H and O–H groups in total. The van der Waals surface area contributed by atoms with Gasteiger partial charge in [0.05, 0.1) is 11.1 Å². The summed E-state index contributed by atoms with van der Waals surface area (Å²) in [5.74, 6) is -1.74. The van der Waals surface area contributed by atoms with Crippen LogP contribution in [0, 0.1) is 0 Å². The lowest BCUT2D eigenvalue weighted by molar-refractivity contribution is -0.119. The number of hydrogen-bond donors (Lipinski definition) is 2.